The lowest BCUT2D eigenvalue weighted by molar-refractivity contribution is -0.139. The monoisotopic (exact) mass is 608 g/mol. The fourth-order valence-electron chi connectivity index (χ4n) is 4.50. The van der Waals surface area contributed by atoms with E-state index in [1.165, 1.54) is 23.0 Å². The largest absolute Gasteiger partial charge is 0.497 e. The van der Waals surface area contributed by atoms with Crippen molar-refractivity contribution in [1.29, 1.82) is 0 Å². The van der Waals surface area contributed by atoms with Crippen LogP contribution in [0.4, 0.5) is 0 Å². The molecule has 0 fully saturated rings. The van der Waals surface area contributed by atoms with Crippen LogP contribution in [0.2, 0.25) is 0 Å². The van der Waals surface area contributed by atoms with Crippen molar-refractivity contribution in [3.8, 4) is 22.8 Å². The zero-order valence-electron chi connectivity index (χ0n) is 21.7. The fourth-order valence-corrected chi connectivity index (χ4v) is 5.92. The molecule has 2 aromatic heterocycles. The highest BCUT2D eigenvalue weighted by molar-refractivity contribution is 9.10. The Labute approximate surface area is 236 Å². The minimum atomic E-state index is -0.832. The standard InChI is InChI=1S/C29H25BrN2O6S/c1-5-37-28(34)25-16(2)31-29-32(26(25)21-14-19(35-3)9-12-23(21)36-4)27(33)24(39-29)15-20-10-11-22(38-20)17-7-6-8-18(30)13-17/h6-15,26H,5H2,1-4H3/b24-15-/t26-/m1/s1. The van der Waals surface area contributed by atoms with Crippen molar-refractivity contribution in [2.45, 2.75) is 19.9 Å². The van der Waals surface area contributed by atoms with Crippen molar-refractivity contribution in [3.05, 3.63) is 101 Å². The number of nitrogens with zero attached hydrogens (tertiary/aromatic N) is 2. The van der Waals surface area contributed by atoms with Gasteiger partial charge in [-0.1, -0.05) is 39.4 Å². The van der Waals surface area contributed by atoms with Crippen molar-refractivity contribution in [2.75, 3.05) is 20.8 Å². The van der Waals surface area contributed by atoms with Gasteiger partial charge in [-0.05, 0) is 56.3 Å². The molecule has 1 atom stereocenters. The number of fused-ring (bicyclic) bond motifs is 1. The molecule has 10 heteroatoms. The maximum Gasteiger partial charge on any atom is 0.338 e. The molecule has 39 heavy (non-hydrogen) atoms. The summed E-state index contributed by atoms with van der Waals surface area (Å²) < 4.78 is 25.3. The van der Waals surface area contributed by atoms with Gasteiger partial charge in [0.2, 0.25) is 0 Å². The second kappa shape index (κ2) is 11.1. The Morgan fingerprint density at radius 2 is 1.97 bits per heavy atom. The van der Waals surface area contributed by atoms with Crippen LogP contribution in [0.15, 0.2) is 84.5 Å². The number of thiazole rings is 1. The average molecular weight is 609 g/mol. The molecule has 0 amide bonds. The first-order valence-corrected chi connectivity index (χ1v) is 13.7. The number of allylic oxidation sites excluding steroid dienone is 1. The molecule has 2 aromatic carbocycles. The number of carbonyl (C=O) groups excluding carboxylic acids is 1. The van der Waals surface area contributed by atoms with E-state index in [0.29, 0.717) is 43.6 Å². The molecule has 0 spiro atoms. The third kappa shape index (κ3) is 5.09. The molecular weight excluding hydrogens is 584 g/mol. The topological polar surface area (TPSA) is 92.3 Å². The first kappa shape index (κ1) is 26.7. The number of rotatable bonds is 7. The van der Waals surface area contributed by atoms with E-state index < -0.39 is 12.0 Å². The molecular formula is C29H25BrN2O6S. The number of hydrogen-bond acceptors (Lipinski definition) is 8. The highest BCUT2D eigenvalue weighted by Gasteiger charge is 2.35. The summed E-state index contributed by atoms with van der Waals surface area (Å²) in [4.78, 5) is 32.1. The Kier molecular flexibility index (Phi) is 7.58. The summed E-state index contributed by atoms with van der Waals surface area (Å²) in [7, 11) is 3.09. The molecule has 0 N–H and O–H groups in total. The van der Waals surface area contributed by atoms with E-state index in [0.717, 1.165) is 10.0 Å². The van der Waals surface area contributed by atoms with Crippen LogP contribution in [0.5, 0.6) is 11.5 Å². The first-order chi connectivity index (χ1) is 18.8. The number of aromatic nitrogens is 1. The van der Waals surface area contributed by atoms with Crippen molar-refractivity contribution < 1.29 is 23.4 Å². The summed E-state index contributed by atoms with van der Waals surface area (Å²) in [5.74, 6) is 1.70. The third-order valence-corrected chi connectivity index (χ3v) is 7.73. The zero-order chi connectivity index (χ0) is 27.7. The molecule has 0 unspecified atom stereocenters. The number of benzene rings is 2. The van der Waals surface area contributed by atoms with Crippen LogP contribution in [0, 0.1) is 0 Å². The van der Waals surface area contributed by atoms with Gasteiger partial charge >= 0.3 is 5.97 Å². The van der Waals surface area contributed by atoms with Gasteiger partial charge in [0.15, 0.2) is 4.80 Å². The Balaban J connectivity index is 1.69. The molecule has 1 aliphatic heterocycles. The van der Waals surface area contributed by atoms with Gasteiger partial charge < -0.3 is 18.6 Å². The van der Waals surface area contributed by atoms with Gasteiger partial charge in [0, 0.05) is 21.7 Å². The minimum Gasteiger partial charge on any atom is -0.497 e. The molecule has 4 aromatic rings. The van der Waals surface area contributed by atoms with Crippen LogP contribution in [-0.2, 0) is 9.53 Å². The van der Waals surface area contributed by atoms with Gasteiger partial charge in [0.1, 0.15) is 29.1 Å². The van der Waals surface area contributed by atoms with Crippen molar-refractivity contribution >= 4 is 39.3 Å². The molecule has 1 aliphatic rings. The lowest BCUT2D eigenvalue weighted by atomic mass is 9.95. The molecule has 0 aliphatic carbocycles. The number of ether oxygens (including phenoxy) is 3. The van der Waals surface area contributed by atoms with Gasteiger partial charge in [0.25, 0.3) is 5.56 Å². The molecule has 8 nitrogen and oxygen atoms in total. The number of methoxy groups -OCH3 is 2. The second-order valence-electron chi connectivity index (χ2n) is 8.62. The van der Waals surface area contributed by atoms with E-state index in [2.05, 4.69) is 20.9 Å². The van der Waals surface area contributed by atoms with Crippen LogP contribution in [0.1, 0.15) is 31.2 Å². The SMILES string of the molecule is CCOC(=O)C1=C(C)N=c2s/c(=C\c3ccc(-c4cccc(Br)c4)o3)c(=O)n2[C@@H]1c1cc(OC)ccc1OC. The lowest BCUT2D eigenvalue weighted by Crippen LogP contribution is -2.40. The van der Waals surface area contributed by atoms with Gasteiger partial charge in [-0.2, -0.15) is 0 Å². The maximum atomic E-state index is 13.9. The van der Waals surface area contributed by atoms with E-state index in [9.17, 15) is 9.59 Å². The van der Waals surface area contributed by atoms with Gasteiger partial charge in [-0.25, -0.2) is 9.79 Å². The smallest absolute Gasteiger partial charge is 0.338 e. The number of carbonyl (C=O) groups is 1. The predicted octanol–water partition coefficient (Wildman–Crippen LogP) is 4.84. The van der Waals surface area contributed by atoms with Gasteiger partial charge in [-0.3, -0.25) is 9.36 Å². The number of furan rings is 1. The van der Waals surface area contributed by atoms with Gasteiger partial charge in [0.05, 0.1) is 36.6 Å². The number of halogens is 1. The normalized spacial score (nSPS) is 15.1. The summed E-state index contributed by atoms with van der Waals surface area (Å²) in [5, 5.41) is 0. The molecule has 0 radical (unpaired) electrons. The van der Waals surface area contributed by atoms with E-state index in [1.54, 1.807) is 45.2 Å². The highest BCUT2D eigenvalue weighted by atomic mass is 79.9. The van der Waals surface area contributed by atoms with Crippen molar-refractivity contribution in [1.82, 2.24) is 4.57 Å². The van der Waals surface area contributed by atoms with Crippen LogP contribution >= 0.6 is 27.3 Å². The maximum absolute atomic E-state index is 13.9. The third-order valence-electron chi connectivity index (χ3n) is 6.26. The molecule has 0 saturated heterocycles. The summed E-state index contributed by atoms with van der Waals surface area (Å²) in [6.07, 6.45) is 1.69. The van der Waals surface area contributed by atoms with E-state index >= 15 is 0 Å². The minimum absolute atomic E-state index is 0.181. The van der Waals surface area contributed by atoms with E-state index in [4.69, 9.17) is 18.6 Å². The Morgan fingerprint density at radius 1 is 1.15 bits per heavy atom. The quantitative estimate of drug-likeness (QED) is 0.279. The second-order valence-corrected chi connectivity index (χ2v) is 10.5. The summed E-state index contributed by atoms with van der Waals surface area (Å²) in [6.45, 7) is 3.65. The molecule has 0 saturated carbocycles. The Hall–Kier alpha value is -3.89. The molecule has 5 rings (SSSR count). The summed E-state index contributed by atoms with van der Waals surface area (Å²) in [5.41, 5.74) is 1.90. The van der Waals surface area contributed by atoms with Crippen molar-refractivity contribution in [2.24, 2.45) is 4.99 Å². The van der Waals surface area contributed by atoms with Gasteiger partial charge in [-0.15, -0.1) is 0 Å². The van der Waals surface area contributed by atoms with E-state index in [-0.39, 0.29) is 17.7 Å². The first-order valence-electron chi connectivity index (χ1n) is 12.1. The fraction of sp³-hybridized carbons (Fsp3) is 0.207. The molecule has 0 bridgehead atoms. The van der Waals surface area contributed by atoms with Crippen LogP contribution < -0.4 is 24.4 Å². The van der Waals surface area contributed by atoms with Crippen LogP contribution in [-0.4, -0.2) is 31.4 Å². The predicted molar refractivity (Wildman–Crippen MR) is 152 cm³/mol. The number of hydrogen-bond donors (Lipinski definition) is 0. The Morgan fingerprint density at radius 3 is 2.69 bits per heavy atom. The summed E-state index contributed by atoms with van der Waals surface area (Å²) in [6, 6.07) is 15.9. The number of esters is 1. The van der Waals surface area contributed by atoms with Crippen LogP contribution in [0.3, 0.4) is 0 Å². The zero-order valence-corrected chi connectivity index (χ0v) is 24.1. The highest BCUT2D eigenvalue weighted by Crippen LogP contribution is 2.37. The van der Waals surface area contributed by atoms with Crippen LogP contribution in [0.25, 0.3) is 17.4 Å². The lowest BCUT2D eigenvalue weighted by Gasteiger charge is -2.26. The molecule has 3 heterocycles. The summed E-state index contributed by atoms with van der Waals surface area (Å²) >= 11 is 4.70. The average Bonchev–Trinajstić information content (AvgIpc) is 3.52. The van der Waals surface area contributed by atoms with Crippen molar-refractivity contribution in [3.63, 3.8) is 0 Å². The Bertz CT molecular complexity index is 1780. The molecule has 200 valence electrons. The van der Waals surface area contributed by atoms with E-state index in [1.807, 2.05) is 36.4 Å².